The second-order valence-electron chi connectivity index (χ2n) is 8.01. The van der Waals surface area contributed by atoms with Crippen molar-refractivity contribution in [2.75, 3.05) is 40.8 Å². The summed E-state index contributed by atoms with van der Waals surface area (Å²) in [6, 6.07) is 8.90. The maximum atomic E-state index is 5.34. The number of aryl methyl sites for hydroxylation is 1. The average molecular weight is 430 g/mol. The Morgan fingerprint density at radius 1 is 1.37 bits per heavy atom. The van der Waals surface area contributed by atoms with E-state index in [1.165, 1.54) is 18.4 Å². The van der Waals surface area contributed by atoms with Gasteiger partial charge in [-0.15, -0.1) is 11.3 Å². The number of aliphatic imine (C=N–C) groups is 1. The molecule has 0 bridgehead atoms. The van der Waals surface area contributed by atoms with Gasteiger partial charge >= 0.3 is 0 Å². The van der Waals surface area contributed by atoms with Gasteiger partial charge in [-0.1, -0.05) is 12.1 Å². The molecule has 2 unspecified atom stereocenters. The van der Waals surface area contributed by atoms with Crippen LogP contribution in [0.4, 0.5) is 0 Å². The topological polar surface area (TPSA) is 53.0 Å². The molecule has 1 aromatic carbocycles. The van der Waals surface area contributed by atoms with E-state index in [1.807, 2.05) is 6.92 Å². The van der Waals surface area contributed by atoms with Crippen LogP contribution in [0.3, 0.4) is 0 Å². The predicted octanol–water partition coefficient (Wildman–Crippen LogP) is 3.94. The lowest BCUT2D eigenvalue weighted by Crippen LogP contribution is -2.40. The normalized spacial score (nSPS) is 20.2. The van der Waals surface area contributed by atoms with Crippen molar-refractivity contribution >= 4 is 17.3 Å². The summed E-state index contributed by atoms with van der Waals surface area (Å²) in [5, 5.41) is 6.69. The highest BCUT2D eigenvalue weighted by molar-refractivity contribution is 7.09. The highest BCUT2D eigenvalue weighted by atomic mass is 32.1. The van der Waals surface area contributed by atoms with Crippen LogP contribution in [0.5, 0.6) is 5.75 Å². The Kier molecular flexibility index (Phi) is 8.10. The molecule has 7 heteroatoms. The van der Waals surface area contributed by atoms with Gasteiger partial charge in [0.1, 0.15) is 5.75 Å². The van der Waals surface area contributed by atoms with Crippen LogP contribution in [-0.4, -0.2) is 61.6 Å². The fourth-order valence-electron chi connectivity index (χ4n) is 4.25. The number of hydrogen-bond donors (Lipinski definition) is 1. The minimum absolute atomic E-state index is 0.378. The first kappa shape index (κ1) is 22.6. The van der Waals surface area contributed by atoms with Gasteiger partial charge in [0.15, 0.2) is 5.96 Å². The Labute approximate surface area is 185 Å². The number of thiazole rings is 1. The number of guanidine groups is 1. The molecule has 1 saturated heterocycles. The Bertz CT molecular complexity index is 819. The fourth-order valence-corrected chi connectivity index (χ4v) is 4.85. The molecule has 3 rings (SSSR count). The number of methoxy groups -OCH3 is 1. The molecule has 0 aliphatic carbocycles. The zero-order chi connectivity index (χ0) is 21.5. The number of piperidine rings is 1. The quantitative estimate of drug-likeness (QED) is 0.534. The van der Waals surface area contributed by atoms with E-state index in [0.717, 1.165) is 48.6 Å². The maximum absolute atomic E-state index is 5.34. The number of likely N-dealkylation sites (tertiary alicyclic amines) is 1. The molecular weight excluding hydrogens is 394 g/mol. The van der Waals surface area contributed by atoms with Crippen LogP contribution in [0.2, 0.25) is 0 Å². The summed E-state index contributed by atoms with van der Waals surface area (Å²) in [5.41, 5.74) is 2.44. The molecule has 0 radical (unpaired) electrons. The lowest BCUT2D eigenvalue weighted by molar-refractivity contribution is 0.125. The Balaban J connectivity index is 1.74. The molecule has 2 atom stereocenters. The van der Waals surface area contributed by atoms with Crippen molar-refractivity contribution in [2.45, 2.75) is 39.3 Å². The summed E-state index contributed by atoms with van der Waals surface area (Å²) < 4.78 is 5.34. The second kappa shape index (κ2) is 10.8. The minimum atomic E-state index is 0.378. The monoisotopic (exact) mass is 429 g/mol. The van der Waals surface area contributed by atoms with Gasteiger partial charge in [0, 0.05) is 31.6 Å². The van der Waals surface area contributed by atoms with Crippen molar-refractivity contribution in [3.8, 4) is 5.75 Å². The highest BCUT2D eigenvalue weighted by Crippen LogP contribution is 2.35. The fraction of sp³-hybridized carbons (Fsp3) is 0.565. The second-order valence-corrected chi connectivity index (χ2v) is 9.07. The first-order valence-electron chi connectivity index (χ1n) is 10.8. The van der Waals surface area contributed by atoms with E-state index in [9.17, 15) is 0 Å². The molecule has 0 spiro atoms. The van der Waals surface area contributed by atoms with Crippen molar-refractivity contribution in [3.63, 3.8) is 0 Å². The third-order valence-electron chi connectivity index (χ3n) is 5.70. The first-order valence-corrected chi connectivity index (χ1v) is 11.6. The number of nitrogens with zero attached hydrogens (tertiary/aromatic N) is 4. The molecule has 1 N–H and O–H groups in total. The van der Waals surface area contributed by atoms with Gasteiger partial charge in [0.05, 0.1) is 24.4 Å². The summed E-state index contributed by atoms with van der Waals surface area (Å²) in [4.78, 5) is 14.3. The van der Waals surface area contributed by atoms with Gasteiger partial charge in [0.2, 0.25) is 0 Å². The van der Waals surface area contributed by atoms with Crippen LogP contribution in [0.1, 0.15) is 42.1 Å². The summed E-state index contributed by atoms with van der Waals surface area (Å²) in [6.07, 6.45) is 2.41. The van der Waals surface area contributed by atoms with Gasteiger partial charge in [-0.2, -0.15) is 0 Å². The molecule has 1 fully saturated rings. The van der Waals surface area contributed by atoms with Crippen LogP contribution >= 0.6 is 11.3 Å². The molecular formula is C23H35N5OS. The largest absolute Gasteiger partial charge is 0.497 e. The van der Waals surface area contributed by atoms with E-state index in [-0.39, 0.29) is 0 Å². The standard InChI is InChI=1S/C23H35N5OS/c1-6-24-23(28(4)15-20-16-30-17(2)26-20)25-14-19-8-7-13-27(3)22(19)18-9-11-21(29-5)12-10-18/h9-12,16,19,22H,6-8,13-15H2,1-5H3,(H,24,25). The van der Waals surface area contributed by atoms with Gasteiger partial charge in [0.25, 0.3) is 0 Å². The van der Waals surface area contributed by atoms with Crippen LogP contribution in [-0.2, 0) is 6.54 Å². The summed E-state index contributed by atoms with van der Waals surface area (Å²) >= 11 is 1.70. The maximum Gasteiger partial charge on any atom is 0.194 e. The van der Waals surface area contributed by atoms with E-state index in [4.69, 9.17) is 9.73 Å². The van der Waals surface area contributed by atoms with Crippen LogP contribution in [0.15, 0.2) is 34.6 Å². The molecule has 1 aliphatic rings. The molecule has 0 saturated carbocycles. The molecule has 2 heterocycles. The van der Waals surface area contributed by atoms with Gasteiger partial charge < -0.3 is 15.0 Å². The van der Waals surface area contributed by atoms with E-state index in [0.29, 0.717) is 12.0 Å². The van der Waals surface area contributed by atoms with Gasteiger partial charge in [-0.25, -0.2) is 4.98 Å². The highest BCUT2D eigenvalue weighted by Gasteiger charge is 2.30. The van der Waals surface area contributed by atoms with Crippen molar-refractivity contribution in [2.24, 2.45) is 10.9 Å². The van der Waals surface area contributed by atoms with Crippen molar-refractivity contribution in [3.05, 3.63) is 45.9 Å². The third-order valence-corrected chi connectivity index (χ3v) is 6.52. The number of ether oxygens (including phenoxy) is 1. The van der Waals surface area contributed by atoms with Crippen molar-refractivity contribution in [1.82, 2.24) is 20.1 Å². The molecule has 2 aromatic rings. The van der Waals surface area contributed by atoms with Crippen LogP contribution in [0.25, 0.3) is 0 Å². The van der Waals surface area contributed by atoms with Gasteiger partial charge in [-0.05, 0) is 63.9 Å². The number of aromatic nitrogens is 1. The summed E-state index contributed by atoms with van der Waals surface area (Å²) in [5.74, 6) is 2.34. The molecule has 164 valence electrons. The molecule has 30 heavy (non-hydrogen) atoms. The molecule has 6 nitrogen and oxygen atoms in total. The average Bonchev–Trinajstić information content (AvgIpc) is 3.15. The molecule has 1 aliphatic heterocycles. The van der Waals surface area contributed by atoms with E-state index in [1.54, 1.807) is 18.4 Å². The Morgan fingerprint density at radius 2 is 2.13 bits per heavy atom. The van der Waals surface area contributed by atoms with Crippen LogP contribution in [0, 0.1) is 12.8 Å². The lowest BCUT2D eigenvalue weighted by atomic mass is 9.85. The minimum Gasteiger partial charge on any atom is -0.497 e. The molecule has 0 amide bonds. The number of nitrogens with one attached hydrogen (secondary N) is 1. The van der Waals surface area contributed by atoms with E-state index >= 15 is 0 Å². The number of rotatable bonds is 7. The van der Waals surface area contributed by atoms with Gasteiger partial charge in [-0.3, -0.25) is 9.89 Å². The van der Waals surface area contributed by atoms with Crippen molar-refractivity contribution in [1.29, 1.82) is 0 Å². The Hall–Kier alpha value is -2.12. The van der Waals surface area contributed by atoms with Crippen LogP contribution < -0.4 is 10.1 Å². The zero-order valence-corrected chi connectivity index (χ0v) is 19.7. The lowest BCUT2D eigenvalue weighted by Gasteiger charge is -2.39. The Morgan fingerprint density at radius 3 is 2.77 bits per heavy atom. The van der Waals surface area contributed by atoms with E-state index < -0.39 is 0 Å². The van der Waals surface area contributed by atoms with Crippen molar-refractivity contribution < 1.29 is 4.74 Å². The summed E-state index contributed by atoms with van der Waals surface area (Å²) in [6.45, 7) is 7.72. The zero-order valence-electron chi connectivity index (χ0n) is 18.9. The smallest absolute Gasteiger partial charge is 0.194 e. The summed E-state index contributed by atoms with van der Waals surface area (Å²) in [7, 11) is 6.03. The first-order chi connectivity index (χ1) is 14.5. The third kappa shape index (κ3) is 5.73. The number of hydrogen-bond acceptors (Lipinski definition) is 5. The SMILES string of the molecule is CCNC(=NCC1CCCN(C)C1c1ccc(OC)cc1)N(C)Cc1csc(C)n1. The molecule has 1 aromatic heterocycles. The number of benzene rings is 1. The predicted molar refractivity (Wildman–Crippen MR) is 125 cm³/mol. The van der Waals surface area contributed by atoms with E-state index in [2.05, 4.69) is 70.8 Å².